The van der Waals surface area contributed by atoms with Gasteiger partial charge in [0.25, 0.3) is 10.2 Å². The van der Waals surface area contributed by atoms with Crippen LogP contribution in [0.1, 0.15) is 26.7 Å². The minimum absolute atomic E-state index is 0.115. The number of hydrogen-bond donors (Lipinski definition) is 1. The fraction of sp³-hybridized carbons (Fsp3) is 0.933. The van der Waals surface area contributed by atoms with Crippen molar-refractivity contribution < 1.29 is 23.1 Å². The molecule has 9 heteroatoms. The van der Waals surface area contributed by atoms with Gasteiger partial charge < -0.3 is 9.84 Å². The highest BCUT2D eigenvalue weighted by atomic mass is 32.2. The summed E-state index contributed by atoms with van der Waals surface area (Å²) < 4.78 is 34.3. The number of carboxylic acid groups (broad SMARTS) is 1. The summed E-state index contributed by atoms with van der Waals surface area (Å²) in [5, 5.41) is 9.43. The van der Waals surface area contributed by atoms with Crippen molar-refractivity contribution in [3.63, 3.8) is 0 Å². The number of carbonyl (C=O) groups is 1. The summed E-state index contributed by atoms with van der Waals surface area (Å²) in [5.74, 6) is -0.559. The molecule has 1 N–H and O–H groups in total. The van der Waals surface area contributed by atoms with E-state index in [1.807, 2.05) is 18.7 Å². The molecule has 3 unspecified atom stereocenters. The van der Waals surface area contributed by atoms with Crippen LogP contribution < -0.4 is 0 Å². The molecule has 8 nitrogen and oxygen atoms in total. The molecule has 3 atom stereocenters. The van der Waals surface area contributed by atoms with E-state index in [2.05, 4.69) is 0 Å². The lowest BCUT2D eigenvalue weighted by Gasteiger charge is -2.41. The van der Waals surface area contributed by atoms with E-state index < -0.39 is 22.2 Å². The molecule has 0 aromatic carbocycles. The lowest BCUT2D eigenvalue weighted by atomic mass is 10.1. The number of ether oxygens (including phenoxy) is 1. The van der Waals surface area contributed by atoms with Crippen LogP contribution in [-0.4, -0.2) is 90.5 Å². The van der Waals surface area contributed by atoms with Gasteiger partial charge in [-0.15, -0.1) is 0 Å². The molecule has 3 fully saturated rings. The van der Waals surface area contributed by atoms with Crippen LogP contribution in [0.25, 0.3) is 0 Å². The van der Waals surface area contributed by atoms with E-state index in [1.54, 1.807) is 0 Å². The highest BCUT2D eigenvalue weighted by Crippen LogP contribution is 2.36. The van der Waals surface area contributed by atoms with E-state index in [4.69, 9.17) is 4.74 Å². The number of aliphatic carboxylic acids is 1. The van der Waals surface area contributed by atoms with Crippen LogP contribution in [0.3, 0.4) is 0 Å². The van der Waals surface area contributed by atoms with E-state index in [0.717, 1.165) is 12.8 Å². The van der Waals surface area contributed by atoms with Crippen molar-refractivity contribution in [3.05, 3.63) is 0 Å². The monoisotopic (exact) mass is 361 g/mol. The predicted molar refractivity (Wildman–Crippen MR) is 87.8 cm³/mol. The second-order valence-corrected chi connectivity index (χ2v) is 9.07. The SMILES string of the molecule is CC1CN(S(=O)(=O)N2CCN(C(C(=O)O)C3CC3)CC2)CC(C)O1. The minimum atomic E-state index is -3.51. The van der Waals surface area contributed by atoms with Gasteiger partial charge in [0.2, 0.25) is 0 Å². The van der Waals surface area contributed by atoms with Gasteiger partial charge in [0.1, 0.15) is 6.04 Å². The Balaban J connectivity index is 1.62. The standard InChI is InChI=1S/C15H27N3O5S/c1-11-9-18(10-12(2)23-11)24(21,22)17-7-5-16(6-8-17)14(15(19)20)13-3-4-13/h11-14H,3-10H2,1-2H3,(H,19,20). The number of piperazine rings is 1. The summed E-state index contributed by atoms with van der Waals surface area (Å²) in [4.78, 5) is 13.4. The fourth-order valence-electron chi connectivity index (χ4n) is 3.76. The summed E-state index contributed by atoms with van der Waals surface area (Å²) in [5.41, 5.74) is 0. The molecule has 2 saturated heterocycles. The maximum absolute atomic E-state index is 12.8. The van der Waals surface area contributed by atoms with Crippen LogP contribution in [-0.2, 0) is 19.7 Å². The van der Waals surface area contributed by atoms with Gasteiger partial charge in [0.05, 0.1) is 12.2 Å². The maximum atomic E-state index is 12.8. The van der Waals surface area contributed by atoms with Gasteiger partial charge in [0, 0.05) is 39.3 Å². The quantitative estimate of drug-likeness (QED) is 0.731. The van der Waals surface area contributed by atoms with E-state index >= 15 is 0 Å². The van der Waals surface area contributed by atoms with Crippen LogP contribution in [0, 0.1) is 5.92 Å². The second-order valence-electron chi connectivity index (χ2n) is 7.14. The smallest absolute Gasteiger partial charge is 0.321 e. The Labute approximate surface area is 143 Å². The average molecular weight is 361 g/mol. The first kappa shape index (κ1) is 18.1. The molecule has 1 aliphatic carbocycles. The Morgan fingerprint density at radius 2 is 1.58 bits per heavy atom. The van der Waals surface area contributed by atoms with E-state index in [0.29, 0.717) is 39.3 Å². The predicted octanol–water partition coefficient (Wildman–Crippen LogP) is -0.179. The number of nitrogens with zero attached hydrogens (tertiary/aromatic N) is 3. The molecule has 2 aliphatic heterocycles. The van der Waals surface area contributed by atoms with Gasteiger partial charge >= 0.3 is 5.97 Å². The Bertz CT molecular complexity index is 562. The molecule has 3 aliphatic rings. The Kier molecular flexibility index (Phi) is 5.17. The molecule has 2 heterocycles. The zero-order valence-electron chi connectivity index (χ0n) is 14.3. The summed E-state index contributed by atoms with van der Waals surface area (Å²) in [6, 6.07) is -0.460. The average Bonchev–Trinajstić information content (AvgIpc) is 3.31. The Hall–Kier alpha value is -0.740. The Morgan fingerprint density at radius 1 is 1.04 bits per heavy atom. The third kappa shape index (κ3) is 3.75. The molecule has 1 saturated carbocycles. The molecular formula is C15H27N3O5S. The molecule has 0 radical (unpaired) electrons. The highest BCUT2D eigenvalue weighted by Gasteiger charge is 2.43. The highest BCUT2D eigenvalue weighted by molar-refractivity contribution is 7.86. The normalized spacial score (nSPS) is 32.6. The van der Waals surface area contributed by atoms with Crippen molar-refractivity contribution in [2.75, 3.05) is 39.3 Å². The molecule has 24 heavy (non-hydrogen) atoms. The van der Waals surface area contributed by atoms with Gasteiger partial charge in [-0.2, -0.15) is 17.0 Å². The van der Waals surface area contributed by atoms with Crippen LogP contribution in [0.15, 0.2) is 0 Å². The molecule has 0 aromatic heterocycles. The molecule has 0 spiro atoms. The van der Waals surface area contributed by atoms with Crippen LogP contribution in [0.4, 0.5) is 0 Å². The van der Waals surface area contributed by atoms with E-state index in [9.17, 15) is 18.3 Å². The number of hydrogen-bond acceptors (Lipinski definition) is 5. The molecule has 138 valence electrons. The molecule has 0 bridgehead atoms. The second kappa shape index (κ2) is 6.87. The van der Waals surface area contributed by atoms with Gasteiger partial charge in [-0.25, -0.2) is 0 Å². The molecule has 0 aromatic rings. The maximum Gasteiger partial charge on any atom is 0.321 e. The first-order valence-corrected chi connectivity index (χ1v) is 10.1. The zero-order chi connectivity index (χ0) is 17.5. The largest absolute Gasteiger partial charge is 0.480 e. The van der Waals surface area contributed by atoms with Gasteiger partial charge in [-0.1, -0.05) is 0 Å². The number of carboxylic acids is 1. The van der Waals surface area contributed by atoms with Crippen molar-refractivity contribution in [2.24, 2.45) is 5.92 Å². The van der Waals surface area contributed by atoms with Gasteiger partial charge in [-0.3, -0.25) is 9.69 Å². The third-order valence-corrected chi connectivity index (χ3v) is 7.00. The first-order valence-electron chi connectivity index (χ1n) is 8.66. The van der Waals surface area contributed by atoms with Crippen LogP contribution in [0.2, 0.25) is 0 Å². The van der Waals surface area contributed by atoms with Crippen molar-refractivity contribution in [2.45, 2.75) is 44.9 Å². The van der Waals surface area contributed by atoms with E-state index in [1.165, 1.54) is 8.61 Å². The third-order valence-electron chi connectivity index (χ3n) is 5.03. The van der Waals surface area contributed by atoms with Crippen LogP contribution >= 0.6 is 0 Å². The van der Waals surface area contributed by atoms with Gasteiger partial charge in [0.15, 0.2) is 0 Å². The Morgan fingerprint density at radius 3 is 2.04 bits per heavy atom. The van der Waals surface area contributed by atoms with E-state index in [-0.39, 0.29) is 18.1 Å². The number of rotatable bonds is 5. The molecule has 0 amide bonds. The zero-order valence-corrected chi connectivity index (χ0v) is 15.1. The lowest BCUT2D eigenvalue weighted by molar-refractivity contribution is -0.144. The van der Waals surface area contributed by atoms with Crippen molar-refractivity contribution in [1.82, 2.24) is 13.5 Å². The van der Waals surface area contributed by atoms with Crippen molar-refractivity contribution >= 4 is 16.2 Å². The lowest BCUT2D eigenvalue weighted by Crippen LogP contribution is -2.59. The van der Waals surface area contributed by atoms with Crippen molar-refractivity contribution in [1.29, 1.82) is 0 Å². The first-order chi connectivity index (χ1) is 11.3. The van der Waals surface area contributed by atoms with Crippen LogP contribution in [0.5, 0.6) is 0 Å². The summed E-state index contributed by atoms with van der Waals surface area (Å²) >= 11 is 0. The summed E-state index contributed by atoms with van der Waals surface area (Å²) in [6.07, 6.45) is 1.69. The fourth-order valence-corrected chi connectivity index (χ4v) is 5.51. The molecule has 3 rings (SSSR count). The minimum Gasteiger partial charge on any atom is -0.480 e. The number of morpholine rings is 1. The molecular weight excluding hydrogens is 334 g/mol. The van der Waals surface area contributed by atoms with Gasteiger partial charge in [-0.05, 0) is 32.6 Å². The summed E-state index contributed by atoms with van der Waals surface area (Å²) in [6.45, 7) is 6.13. The summed E-state index contributed by atoms with van der Waals surface area (Å²) in [7, 11) is -3.51. The van der Waals surface area contributed by atoms with Crippen molar-refractivity contribution in [3.8, 4) is 0 Å². The topological polar surface area (TPSA) is 90.4 Å².